The minimum absolute atomic E-state index is 0.0945. The quantitative estimate of drug-likeness (QED) is 0.675. The van der Waals surface area contributed by atoms with Crippen molar-refractivity contribution in [3.05, 3.63) is 65.7 Å². The molecule has 1 heterocycles. The average molecular weight is 394 g/mol. The lowest BCUT2D eigenvalue weighted by Crippen LogP contribution is -2.45. The molecule has 1 aliphatic rings. The van der Waals surface area contributed by atoms with E-state index in [0.717, 1.165) is 50.2 Å². The van der Waals surface area contributed by atoms with Crippen molar-refractivity contribution in [3.63, 3.8) is 0 Å². The van der Waals surface area contributed by atoms with E-state index in [1.165, 1.54) is 5.56 Å². The Kier molecular flexibility index (Phi) is 8.13. The van der Waals surface area contributed by atoms with Gasteiger partial charge in [-0.15, -0.1) is 0 Å². The summed E-state index contributed by atoms with van der Waals surface area (Å²) in [5, 5.41) is 19.0. The third-order valence-electron chi connectivity index (χ3n) is 5.55. The Bertz CT molecular complexity index is 794. The second-order valence-electron chi connectivity index (χ2n) is 7.86. The van der Waals surface area contributed by atoms with Crippen molar-refractivity contribution in [1.82, 2.24) is 4.90 Å². The first kappa shape index (κ1) is 21.4. The number of benzene rings is 2. The van der Waals surface area contributed by atoms with Crippen LogP contribution in [0, 0.1) is 17.3 Å². The van der Waals surface area contributed by atoms with Gasteiger partial charge in [-0.25, -0.2) is 0 Å². The third-order valence-corrected chi connectivity index (χ3v) is 5.55. The number of hydrogen-bond donors (Lipinski definition) is 2. The molecule has 0 spiro atoms. The molecule has 29 heavy (non-hydrogen) atoms. The van der Waals surface area contributed by atoms with Gasteiger partial charge in [-0.3, -0.25) is 4.90 Å². The number of aliphatic hydroxyl groups is 2. The summed E-state index contributed by atoms with van der Waals surface area (Å²) >= 11 is 0. The maximum atomic E-state index is 10.1. The first-order valence-corrected chi connectivity index (χ1v) is 10.4. The lowest BCUT2D eigenvalue weighted by Gasteiger charge is -2.42. The first-order valence-electron chi connectivity index (χ1n) is 10.4. The molecule has 1 fully saturated rings. The Balaban J connectivity index is 1.53. The van der Waals surface area contributed by atoms with Crippen molar-refractivity contribution in [1.29, 1.82) is 0 Å². The molecule has 2 aromatic rings. The number of piperidine rings is 1. The Labute approximate surface area is 174 Å². The van der Waals surface area contributed by atoms with Crippen LogP contribution in [0.3, 0.4) is 0 Å². The molecule has 1 unspecified atom stereocenters. The van der Waals surface area contributed by atoms with Crippen molar-refractivity contribution >= 4 is 0 Å². The first-order chi connectivity index (χ1) is 14.2. The fraction of sp³-hybridized carbons (Fsp3) is 0.440. The minimum atomic E-state index is -0.0945. The molecule has 0 aromatic heterocycles. The number of aliphatic hydroxyl groups excluding tert-OH is 2. The second-order valence-corrected chi connectivity index (χ2v) is 7.86. The lowest BCUT2D eigenvalue weighted by atomic mass is 9.78. The van der Waals surface area contributed by atoms with Gasteiger partial charge in [-0.05, 0) is 55.6 Å². The van der Waals surface area contributed by atoms with Gasteiger partial charge in [0.2, 0.25) is 0 Å². The van der Waals surface area contributed by atoms with Gasteiger partial charge >= 0.3 is 0 Å². The molecule has 1 saturated heterocycles. The maximum Gasteiger partial charge on any atom is 0.119 e. The second kappa shape index (κ2) is 11.0. The maximum absolute atomic E-state index is 10.1. The smallest absolute Gasteiger partial charge is 0.119 e. The normalized spacial score (nSPS) is 19.4. The molecular weight excluding hydrogens is 362 g/mol. The molecule has 1 aliphatic heterocycles. The zero-order valence-electron chi connectivity index (χ0n) is 17.0. The predicted molar refractivity (Wildman–Crippen MR) is 116 cm³/mol. The molecule has 2 aromatic carbocycles. The van der Waals surface area contributed by atoms with E-state index in [1.807, 2.05) is 42.5 Å². The van der Waals surface area contributed by atoms with Crippen LogP contribution in [0.25, 0.3) is 0 Å². The highest BCUT2D eigenvalue weighted by Gasteiger charge is 2.34. The standard InChI is InChI=1S/C25H31NO3/c27-17-5-4-7-22-10-12-23(13-11-22)19-26-16-6-14-25(20-26,21-28)15-18-29-24-8-2-1-3-9-24/h1-3,8-13,27-28H,5-6,14-21H2. The van der Waals surface area contributed by atoms with Crippen LogP contribution in [0.4, 0.5) is 0 Å². The Morgan fingerprint density at radius 2 is 1.83 bits per heavy atom. The van der Waals surface area contributed by atoms with E-state index in [2.05, 4.69) is 28.9 Å². The molecule has 154 valence electrons. The molecule has 0 saturated carbocycles. The van der Waals surface area contributed by atoms with Crippen LogP contribution in [0.15, 0.2) is 54.6 Å². The van der Waals surface area contributed by atoms with Crippen LogP contribution in [-0.2, 0) is 6.54 Å². The third kappa shape index (κ3) is 6.61. The van der Waals surface area contributed by atoms with E-state index >= 15 is 0 Å². The van der Waals surface area contributed by atoms with E-state index in [0.29, 0.717) is 13.0 Å². The highest BCUT2D eigenvalue weighted by molar-refractivity contribution is 5.36. The Hall–Kier alpha value is -2.32. The van der Waals surface area contributed by atoms with E-state index in [1.54, 1.807) is 0 Å². The molecule has 0 bridgehead atoms. The monoisotopic (exact) mass is 393 g/mol. The minimum Gasteiger partial charge on any atom is -0.494 e. The fourth-order valence-electron chi connectivity index (χ4n) is 3.93. The zero-order chi connectivity index (χ0) is 20.4. The van der Waals surface area contributed by atoms with Crippen molar-refractivity contribution in [2.45, 2.75) is 32.2 Å². The number of hydrogen-bond acceptors (Lipinski definition) is 4. The van der Waals surface area contributed by atoms with Crippen LogP contribution in [-0.4, -0.2) is 48.0 Å². The largest absolute Gasteiger partial charge is 0.494 e. The van der Waals surface area contributed by atoms with Gasteiger partial charge in [0, 0.05) is 30.5 Å². The van der Waals surface area contributed by atoms with Crippen molar-refractivity contribution < 1.29 is 14.9 Å². The van der Waals surface area contributed by atoms with Gasteiger partial charge in [0.05, 0.1) is 19.8 Å². The van der Waals surface area contributed by atoms with E-state index < -0.39 is 0 Å². The molecule has 2 N–H and O–H groups in total. The number of likely N-dealkylation sites (tertiary alicyclic amines) is 1. The molecule has 1 atom stereocenters. The van der Waals surface area contributed by atoms with Crippen LogP contribution < -0.4 is 4.74 Å². The van der Waals surface area contributed by atoms with Gasteiger partial charge in [0.25, 0.3) is 0 Å². The summed E-state index contributed by atoms with van der Waals surface area (Å²) < 4.78 is 5.88. The van der Waals surface area contributed by atoms with E-state index in [9.17, 15) is 5.11 Å². The van der Waals surface area contributed by atoms with Gasteiger partial charge in [0.1, 0.15) is 5.75 Å². The Morgan fingerprint density at radius 3 is 2.55 bits per heavy atom. The number of ether oxygens (including phenoxy) is 1. The molecule has 4 nitrogen and oxygen atoms in total. The summed E-state index contributed by atoms with van der Waals surface area (Å²) in [6.07, 6.45) is 3.50. The number of rotatable bonds is 8. The SMILES string of the molecule is OCCC#Cc1ccc(CN2CCCC(CO)(CCOc3ccccc3)C2)cc1. The van der Waals surface area contributed by atoms with Gasteiger partial charge < -0.3 is 14.9 Å². The molecule has 0 radical (unpaired) electrons. The summed E-state index contributed by atoms with van der Waals surface area (Å²) in [5.41, 5.74) is 2.14. The highest BCUT2D eigenvalue weighted by Crippen LogP contribution is 2.34. The number of nitrogens with zero attached hydrogens (tertiary/aromatic N) is 1. The van der Waals surface area contributed by atoms with Gasteiger partial charge in [-0.1, -0.05) is 42.2 Å². The van der Waals surface area contributed by atoms with Crippen molar-refractivity contribution in [2.75, 3.05) is 32.9 Å². The van der Waals surface area contributed by atoms with Crippen LogP contribution in [0.5, 0.6) is 5.75 Å². The average Bonchev–Trinajstić information content (AvgIpc) is 2.76. The summed E-state index contributed by atoms with van der Waals surface area (Å²) in [5.74, 6) is 6.90. The topological polar surface area (TPSA) is 52.9 Å². The molecule has 0 amide bonds. The van der Waals surface area contributed by atoms with Crippen LogP contribution in [0.2, 0.25) is 0 Å². The summed E-state index contributed by atoms with van der Waals surface area (Å²) in [6, 6.07) is 18.2. The van der Waals surface area contributed by atoms with Crippen LogP contribution in [0.1, 0.15) is 36.8 Å². The number of para-hydroxylation sites is 1. The summed E-state index contributed by atoms with van der Waals surface area (Å²) in [6.45, 7) is 3.74. The predicted octanol–water partition coefficient (Wildman–Crippen LogP) is 3.46. The zero-order valence-corrected chi connectivity index (χ0v) is 17.0. The summed E-state index contributed by atoms with van der Waals surface area (Å²) in [4.78, 5) is 2.44. The lowest BCUT2D eigenvalue weighted by molar-refractivity contribution is 0.0128. The van der Waals surface area contributed by atoms with E-state index in [4.69, 9.17) is 9.84 Å². The van der Waals surface area contributed by atoms with Crippen molar-refractivity contribution in [3.8, 4) is 17.6 Å². The molecular formula is C25H31NO3. The molecule has 4 heteroatoms. The molecule has 3 rings (SSSR count). The molecule has 0 aliphatic carbocycles. The van der Waals surface area contributed by atoms with Gasteiger partial charge in [-0.2, -0.15) is 0 Å². The van der Waals surface area contributed by atoms with Gasteiger partial charge in [0.15, 0.2) is 0 Å². The van der Waals surface area contributed by atoms with Crippen LogP contribution >= 0.6 is 0 Å². The van der Waals surface area contributed by atoms with Crippen molar-refractivity contribution in [2.24, 2.45) is 5.41 Å². The summed E-state index contributed by atoms with van der Waals surface area (Å²) in [7, 11) is 0. The fourth-order valence-corrected chi connectivity index (χ4v) is 3.93. The Morgan fingerprint density at radius 1 is 1.03 bits per heavy atom. The van der Waals surface area contributed by atoms with E-state index in [-0.39, 0.29) is 18.6 Å². The highest BCUT2D eigenvalue weighted by atomic mass is 16.5.